The van der Waals surface area contributed by atoms with Gasteiger partial charge in [-0.3, -0.25) is 4.79 Å². The third kappa shape index (κ3) is 5.34. The molecule has 4 rings (SSSR count). The van der Waals surface area contributed by atoms with Crippen LogP contribution in [-0.4, -0.2) is 51.4 Å². The van der Waals surface area contributed by atoms with Crippen molar-refractivity contribution in [3.8, 4) is 17.2 Å². The topological polar surface area (TPSA) is 115 Å². The standard InChI is InChI=1S/C25H33N3O6/c1-15-20(14-32-25(31)28(3)18-8-4-5-9-18)23(34-27-15)21-11-12-22(16(2)26-21)33-19-10-6-7-17(13-19)24(29)30/h11-12,17-19H,4-10,13-14H2,1-3H3,(H,29,30)/t17-,19?/m1/s1. The highest BCUT2D eigenvalue weighted by molar-refractivity contribution is 5.70. The fourth-order valence-corrected chi connectivity index (χ4v) is 4.89. The van der Waals surface area contributed by atoms with Crippen LogP contribution in [-0.2, 0) is 16.1 Å². The Morgan fingerprint density at radius 3 is 2.59 bits per heavy atom. The molecule has 2 aliphatic carbocycles. The average Bonchev–Trinajstić information content (AvgIpc) is 3.48. The van der Waals surface area contributed by atoms with E-state index in [-0.39, 0.29) is 30.8 Å². The Labute approximate surface area is 199 Å². The molecule has 0 aliphatic heterocycles. The summed E-state index contributed by atoms with van der Waals surface area (Å²) in [7, 11) is 1.79. The Kier molecular flexibility index (Phi) is 7.38. The summed E-state index contributed by atoms with van der Waals surface area (Å²) in [6, 6.07) is 3.85. The number of aryl methyl sites for hydroxylation is 2. The van der Waals surface area contributed by atoms with Crippen LogP contribution in [0.4, 0.5) is 4.79 Å². The molecule has 0 bridgehead atoms. The normalized spacial score (nSPS) is 20.8. The van der Waals surface area contributed by atoms with Crippen molar-refractivity contribution in [2.75, 3.05) is 7.05 Å². The summed E-state index contributed by atoms with van der Waals surface area (Å²) in [5.74, 6) is -0.0300. The quantitative estimate of drug-likeness (QED) is 0.607. The Bertz CT molecular complexity index is 1030. The maximum Gasteiger partial charge on any atom is 0.410 e. The van der Waals surface area contributed by atoms with Gasteiger partial charge in [-0.1, -0.05) is 18.0 Å². The lowest BCUT2D eigenvalue weighted by molar-refractivity contribution is -0.143. The van der Waals surface area contributed by atoms with Crippen LogP contribution in [0.3, 0.4) is 0 Å². The molecule has 2 aromatic rings. The van der Waals surface area contributed by atoms with Gasteiger partial charge in [0.1, 0.15) is 18.1 Å². The number of rotatable bonds is 7. The van der Waals surface area contributed by atoms with E-state index in [0.29, 0.717) is 47.0 Å². The van der Waals surface area contributed by atoms with Crippen molar-refractivity contribution in [2.24, 2.45) is 5.92 Å². The molecule has 0 saturated heterocycles. The second kappa shape index (κ2) is 10.4. The molecule has 2 saturated carbocycles. The summed E-state index contributed by atoms with van der Waals surface area (Å²) >= 11 is 0. The molecule has 1 amide bonds. The number of aliphatic carboxylic acids is 1. The number of carboxylic acid groups (broad SMARTS) is 1. The van der Waals surface area contributed by atoms with E-state index >= 15 is 0 Å². The zero-order valence-electron chi connectivity index (χ0n) is 20.1. The average molecular weight is 472 g/mol. The van der Waals surface area contributed by atoms with E-state index < -0.39 is 5.97 Å². The summed E-state index contributed by atoms with van der Waals surface area (Å²) < 4.78 is 17.2. The fraction of sp³-hybridized carbons (Fsp3) is 0.600. The predicted molar refractivity (Wildman–Crippen MR) is 123 cm³/mol. The van der Waals surface area contributed by atoms with Gasteiger partial charge in [0.15, 0.2) is 5.76 Å². The largest absolute Gasteiger partial charge is 0.489 e. The van der Waals surface area contributed by atoms with Crippen LogP contribution in [0.15, 0.2) is 16.7 Å². The number of carbonyl (C=O) groups is 2. The maximum atomic E-state index is 12.5. The molecule has 2 heterocycles. The van der Waals surface area contributed by atoms with E-state index in [1.807, 2.05) is 19.9 Å². The van der Waals surface area contributed by atoms with E-state index in [2.05, 4.69) is 10.1 Å². The van der Waals surface area contributed by atoms with Crippen molar-refractivity contribution in [1.29, 1.82) is 0 Å². The molecule has 184 valence electrons. The van der Waals surface area contributed by atoms with E-state index in [4.69, 9.17) is 14.0 Å². The fourth-order valence-electron chi connectivity index (χ4n) is 4.89. The predicted octanol–water partition coefficient (Wildman–Crippen LogP) is 4.89. The second-order valence-electron chi connectivity index (χ2n) is 9.40. The van der Waals surface area contributed by atoms with Crippen LogP contribution in [0, 0.1) is 19.8 Å². The minimum atomic E-state index is -0.762. The molecule has 2 atom stereocenters. The van der Waals surface area contributed by atoms with Gasteiger partial charge in [0.05, 0.1) is 29.0 Å². The number of hydrogen-bond donors (Lipinski definition) is 1. The van der Waals surface area contributed by atoms with E-state index in [0.717, 1.165) is 38.5 Å². The van der Waals surface area contributed by atoms with Crippen molar-refractivity contribution >= 4 is 12.1 Å². The van der Waals surface area contributed by atoms with Crippen molar-refractivity contribution in [3.63, 3.8) is 0 Å². The summed E-state index contributed by atoms with van der Waals surface area (Å²) in [5.41, 5.74) is 2.58. The SMILES string of the molecule is Cc1nc(-c2onc(C)c2COC(=O)N(C)C2CCCC2)ccc1OC1CCC[C@@H](C(=O)O)C1. The van der Waals surface area contributed by atoms with Crippen molar-refractivity contribution < 1.29 is 28.7 Å². The number of pyridine rings is 1. The lowest BCUT2D eigenvalue weighted by Gasteiger charge is -2.27. The van der Waals surface area contributed by atoms with E-state index in [1.165, 1.54) is 0 Å². The van der Waals surface area contributed by atoms with Gasteiger partial charge >= 0.3 is 12.1 Å². The lowest BCUT2D eigenvalue weighted by Crippen LogP contribution is -2.35. The first-order valence-electron chi connectivity index (χ1n) is 12.1. The third-order valence-corrected chi connectivity index (χ3v) is 7.02. The molecule has 2 aromatic heterocycles. The van der Waals surface area contributed by atoms with Crippen LogP contribution in [0.1, 0.15) is 68.3 Å². The summed E-state index contributed by atoms with van der Waals surface area (Å²) in [4.78, 5) is 30.2. The minimum Gasteiger partial charge on any atom is -0.489 e. The molecule has 0 aromatic carbocycles. The Hall–Kier alpha value is -3.10. The molecule has 1 N–H and O–H groups in total. The first-order valence-corrected chi connectivity index (χ1v) is 12.1. The lowest BCUT2D eigenvalue weighted by atomic mass is 9.87. The molecule has 9 heteroatoms. The van der Waals surface area contributed by atoms with Gasteiger partial charge < -0.3 is 24.0 Å². The van der Waals surface area contributed by atoms with Gasteiger partial charge in [0.25, 0.3) is 0 Å². The highest BCUT2D eigenvalue weighted by Gasteiger charge is 2.29. The van der Waals surface area contributed by atoms with Gasteiger partial charge in [-0.25, -0.2) is 9.78 Å². The first kappa shape index (κ1) is 24.0. The monoisotopic (exact) mass is 471 g/mol. The molecule has 0 radical (unpaired) electrons. The minimum absolute atomic E-state index is 0.0538. The summed E-state index contributed by atoms with van der Waals surface area (Å²) in [6.07, 6.45) is 6.68. The number of ether oxygens (including phenoxy) is 2. The van der Waals surface area contributed by atoms with Crippen LogP contribution < -0.4 is 4.74 Å². The zero-order chi connectivity index (χ0) is 24.2. The molecular weight excluding hydrogens is 438 g/mol. The molecular formula is C25H33N3O6. The van der Waals surface area contributed by atoms with Gasteiger partial charge in [0, 0.05) is 13.1 Å². The second-order valence-corrected chi connectivity index (χ2v) is 9.40. The number of carbonyl (C=O) groups excluding carboxylic acids is 1. The van der Waals surface area contributed by atoms with Crippen molar-refractivity contribution in [3.05, 3.63) is 29.1 Å². The molecule has 1 unspecified atom stereocenters. The number of amides is 1. The number of carboxylic acids is 1. The van der Waals surface area contributed by atoms with E-state index in [1.54, 1.807) is 18.0 Å². The Morgan fingerprint density at radius 1 is 1.12 bits per heavy atom. The number of aromatic nitrogens is 2. The maximum absolute atomic E-state index is 12.5. The summed E-state index contributed by atoms with van der Waals surface area (Å²) in [6.45, 7) is 3.71. The zero-order valence-corrected chi connectivity index (χ0v) is 20.1. The number of nitrogens with zero attached hydrogens (tertiary/aromatic N) is 3. The molecule has 2 aliphatic rings. The third-order valence-electron chi connectivity index (χ3n) is 7.02. The molecule has 34 heavy (non-hydrogen) atoms. The highest BCUT2D eigenvalue weighted by atomic mass is 16.6. The summed E-state index contributed by atoms with van der Waals surface area (Å²) in [5, 5.41) is 13.4. The van der Waals surface area contributed by atoms with Gasteiger partial charge in [0.2, 0.25) is 0 Å². The molecule has 0 spiro atoms. The van der Waals surface area contributed by atoms with Crippen LogP contribution in [0.5, 0.6) is 5.75 Å². The van der Waals surface area contributed by atoms with Crippen LogP contribution in [0.25, 0.3) is 11.5 Å². The van der Waals surface area contributed by atoms with Gasteiger partial charge in [-0.15, -0.1) is 0 Å². The highest BCUT2D eigenvalue weighted by Crippen LogP contribution is 2.32. The van der Waals surface area contributed by atoms with E-state index in [9.17, 15) is 14.7 Å². The van der Waals surface area contributed by atoms with Gasteiger partial charge in [-0.05, 0) is 64.5 Å². The Balaban J connectivity index is 1.43. The number of hydrogen-bond acceptors (Lipinski definition) is 7. The molecule has 9 nitrogen and oxygen atoms in total. The van der Waals surface area contributed by atoms with Crippen LogP contribution in [0.2, 0.25) is 0 Å². The molecule has 2 fully saturated rings. The van der Waals surface area contributed by atoms with Crippen molar-refractivity contribution in [2.45, 2.75) is 84.0 Å². The van der Waals surface area contributed by atoms with Crippen molar-refractivity contribution in [1.82, 2.24) is 15.0 Å². The van der Waals surface area contributed by atoms with Crippen LogP contribution >= 0.6 is 0 Å². The Morgan fingerprint density at radius 2 is 1.88 bits per heavy atom. The smallest absolute Gasteiger partial charge is 0.410 e. The van der Waals surface area contributed by atoms with Gasteiger partial charge in [-0.2, -0.15) is 0 Å². The first-order chi connectivity index (χ1) is 16.3.